The zero-order valence-corrected chi connectivity index (χ0v) is 16.9. The minimum atomic E-state index is -0.442. The molecule has 0 unspecified atom stereocenters. The summed E-state index contributed by atoms with van der Waals surface area (Å²) in [5.74, 6) is 0.400. The number of benzene rings is 2. The van der Waals surface area contributed by atoms with Gasteiger partial charge in [0.25, 0.3) is 0 Å². The fourth-order valence-corrected chi connectivity index (χ4v) is 2.61. The van der Waals surface area contributed by atoms with Crippen LogP contribution in [0.25, 0.3) is 11.4 Å². The summed E-state index contributed by atoms with van der Waals surface area (Å²) in [6.45, 7) is 4.60. The Morgan fingerprint density at radius 3 is 2.63 bits per heavy atom. The van der Waals surface area contributed by atoms with Crippen molar-refractivity contribution in [2.24, 2.45) is 0 Å². The van der Waals surface area contributed by atoms with Gasteiger partial charge in [0.1, 0.15) is 12.3 Å². The van der Waals surface area contributed by atoms with Crippen LogP contribution < -0.4 is 10.1 Å². The topological polar surface area (TPSA) is 108 Å². The normalized spacial score (nSPS) is 10.5. The molecule has 0 aliphatic heterocycles. The van der Waals surface area contributed by atoms with Gasteiger partial charge in [-0.05, 0) is 61.0 Å². The molecule has 3 aromatic rings. The van der Waals surface area contributed by atoms with Crippen molar-refractivity contribution in [2.45, 2.75) is 26.8 Å². The lowest BCUT2D eigenvalue weighted by Crippen LogP contribution is -2.20. The van der Waals surface area contributed by atoms with Gasteiger partial charge in [-0.2, -0.15) is 4.80 Å². The van der Waals surface area contributed by atoms with Crippen molar-refractivity contribution in [1.82, 2.24) is 20.2 Å². The van der Waals surface area contributed by atoms with Crippen LogP contribution >= 0.6 is 0 Å². The zero-order chi connectivity index (χ0) is 21.3. The Hall–Kier alpha value is -3.75. The number of carbonyl (C=O) groups is 2. The van der Waals surface area contributed by atoms with E-state index in [1.54, 1.807) is 31.2 Å². The summed E-state index contributed by atoms with van der Waals surface area (Å²) in [6.07, 6.45) is 0.937. The molecule has 3 rings (SSSR count). The van der Waals surface area contributed by atoms with Crippen LogP contribution in [0.4, 0.5) is 5.69 Å². The van der Waals surface area contributed by atoms with Gasteiger partial charge in [-0.15, -0.1) is 10.2 Å². The van der Waals surface area contributed by atoms with E-state index in [-0.39, 0.29) is 19.1 Å². The third kappa shape index (κ3) is 5.63. The first-order valence-corrected chi connectivity index (χ1v) is 9.67. The Morgan fingerprint density at radius 2 is 1.90 bits per heavy atom. The summed E-state index contributed by atoms with van der Waals surface area (Å²) in [4.78, 5) is 25.3. The largest absolute Gasteiger partial charge is 0.494 e. The predicted octanol–water partition coefficient (Wildman–Crippen LogP) is 2.94. The van der Waals surface area contributed by atoms with Crippen LogP contribution in [0, 0.1) is 0 Å². The van der Waals surface area contributed by atoms with Crippen LogP contribution in [0.3, 0.4) is 0 Å². The van der Waals surface area contributed by atoms with Crippen molar-refractivity contribution >= 4 is 17.6 Å². The SMILES string of the molecule is CCCOc1ccc(-c2nnn(CC(=O)Nc3cccc(C(=O)OCC)c3)n2)cc1. The fraction of sp³-hybridized carbons (Fsp3) is 0.286. The molecule has 30 heavy (non-hydrogen) atoms. The number of amides is 1. The van der Waals surface area contributed by atoms with E-state index in [0.717, 1.165) is 17.7 Å². The second kappa shape index (κ2) is 10.1. The molecule has 1 N–H and O–H groups in total. The molecule has 0 spiro atoms. The van der Waals surface area contributed by atoms with Crippen molar-refractivity contribution in [3.63, 3.8) is 0 Å². The van der Waals surface area contributed by atoms with Crippen molar-refractivity contribution in [3.8, 4) is 17.1 Å². The predicted molar refractivity (Wildman–Crippen MR) is 110 cm³/mol. The molecular weight excluding hydrogens is 386 g/mol. The van der Waals surface area contributed by atoms with E-state index in [9.17, 15) is 9.59 Å². The van der Waals surface area contributed by atoms with Gasteiger partial charge in [-0.3, -0.25) is 4.79 Å². The summed E-state index contributed by atoms with van der Waals surface area (Å²) in [6, 6.07) is 13.9. The second-order valence-electron chi connectivity index (χ2n) is 6.37. The van der Waals surface area contributed by atoms with E-state index < -0.39 is 5.97 Å². The van der Waals surface area contributed by atoms with Crippen LogP contribution in [-0.4, -0.2) is 45.3 Å². The van der Waals surface area contributed by atoms with Crippen LogP contribution in [0.15, 0.2) is 48.5 Å². The third-order valence-electron chi connectivity index (χ3n) is 3.98. The van der Waals surface area contributed by atoms with E-state index in [2.05, 4.69) is 20.7 Å². The summed E-state index contributed by atoms with van der Waals surface area (Å²) in [7, 11) is 0. The van der Waals surface area contributed by atoms with Gasteiger partial charge in [-0.1, -0.05) is 13.0 Å². The number of tetrazole rings is 1. The molecule has 0 aliphatic carbocycles. The van der Waals surface area contributed by atoms with Crippen molar-refractivity contribution in [1.29, 1.82) is 0 Å². The molecular formula is C21H23N5O4. The summed E-state index contributed by atoms with van der Waals surface area (Å²) in [5.41, 5.74) is 1.61. The number of anilines is 1. The molecule has 0 radical (unpaired) electrons. The van der Waals surface area contributed by atoms with E-state index in [1.807, 2.05) is 31.2 Å². The lowest BCUT2D eigenvalue weighted by Gasteiger charge is -2.07. The standard InChI is InChI=1S/C21H23N5O4/c1-3-12-30-18-10-8-15(9-11-18)20-23-25-26(24-20)14-19(27)22-17-7-5-6-16(13-17)21(28)29-4-2/h5-11,13H,3-4,12,14H2,1-2H3,(H,22,27). The molecule has 9 nitrogen and oxygen atoms in total. The Labute approximate surface area is 174 Å². The molecule has 1 amide bonds. The summed E-state index contributed by atoms with van der Waals surface area (Å²) >= 11 is 0. The maximum absolute atomic E-state index is 12.3. The van der Waals surface area contributed by atoms with Crippen molar-refractivity contribution < 1.29 is 19.1 Å². The van der Waals surface area contributed by atoms with Gasteiger partial charge in [0, 0.05) is 11.3 Å². The first kappa shape index (κ1) is 21.0. The van der Waals surface area contributed by atoms with Gasteiger partial charge in [0.05, 0.1) is 18.8 Å². The average molecular weight is 409 g/mol. The Kier molecular flexibility index (Phi) is 7.09. The minimum Gasteiger partial charge on any atom is -0.494 e. The second-order valence-corrected chi connectivity index (χ2v) is 6.37. The monoisotopic (exact) mass is 409 g/mol. The molecule has 1 heterocycles. The lowest BCUT2D eigenvalue weighted by molar-refractivity contribution is -0.117. The van der Waals surface area contributed by atoms with E-state index in [4.69, 9.17) is 9.47 Å². The number of esters is 1. The number of carbonyl (C=O) groups excluding carboxylic acids is 2. The number of nitrogens with one attached hydrogen (secondary N) is 1. The van der Waals surface area contributed by atoms with Gasteiger partial charge in [0.2, 0.25) is 11.7 Å². The van der Waals surface area contributed by atoms with Gasteiger partial charge < -0.3 is 14.8 Å². The maximum atomic E-state index is 12.3. The minimum absolute atomic E-state index is 0.117. The highest BCUT2D eigenvalue weighted by Crippen LogP contribution is 2.19. The highest BCUT2D eigenvalue weighted by molar-refractivity contribution is 5.94. The van der Waals surface area contributed by atoms with Crippen molar-refractivity contribution in [2.75, 3.05) is 18.5 Å². The molecule has 9 heteroatoms. The molecule has 0 atom stereocenters. The Bertz CT molecular complexity index is 1000. The molecule has 0 saturated heterocycles. The Balaban J connectivity index is 1.60. The maximum Gasteiger partial charge on any atom is 0.338 e. The van der Waals surface area contributed by atoms with Crippen LogP contribution in [-0.2, 0) is 16.1 Å². The summed E-state index contributed by atoms with van der Waals surface area (Å²) in [5, 5.41) is 14.9. The number of hydrogen-bond acceptors (Lipinski definition) is 7. The number of ether oxygens (including phenoxy) is 2. The zero-order valence-electron chi connectivity index (χ0n) is 16.9. The first-order chi connectivity index (χ1) is 14.6. The molecule has 1 aromatic heterocycles. The molecule has 0 bridgehead atoms. The highest BCUT2D eigenvalue weighted by atomic mass is 16.5. The molecule has 0 saturated carbocycles. The van der Waals surface area contributed by atoms with E-state index in [0.29, 0.717) is 23.7 Å². The number of aromatic nitrogens is 4. The van der Waals surface area contributed by atoms with Crippen LogP contribution in [0.1, 0.15) is 30.6 Å². The van der Waals surface area contributed by atoms with E-state index >= 15 is 0 Å². The Morgan fingerprint density at radius 1 is 1.10 bits per heavy atom. The van der Waals surface area contributed by atoms with Gasteiger partial charge in [-0.25, -0.2) is 4.79 Å². The van der Waals surface area contributed by atoms with Gasteiger partial charge in [0.15, 0.2) is 0 Å². The molecule has 156 valence electrons. The van der Waals surface area contributed by atoms with Gasteiger partial charge >= 0.3 is 5.97 Å². The fourth-order valence-electron chi connectivity index (χ4n) is 2.61. The lowest BCUT2D eigenvalue weighted by atomic mass is 10.2. The summed E-state index contributed by atoms with van der Waals surface area (Å²) < 4.78 is 10.5. The number of rotatable bonds is 9. The highest BCUT2D eigenvalue weighted by Gasteiger charge is 2.12. The van der Waals surface area contributed by atoms with Crippen LogP contribution in [0.5, 0.6) is 5.75 Å². The van der Waals surface area contributed by atoms with E-state index in [1.165, 1.54) is 4.80 Å². The number of nitrogens with zero attached hydrogens (tertiary/aromatic N) is 4. The third-order valence-corrected chi connectivity index (χ3v) is 3.98. The molecule has 2 aromatic carbocycles. The quantitative estimate of drug-likeness (QED) is 0.541. The first-order valence-electron chi connectivity index (χ1n) is 9.67. The molecule has 0 fully saturated rings. The smallest absolute Gasteiger partial charge is 0.338 e. The average Bonchev–Trinajstić information content (AvgIpc) is 3.21. The number of hydrogen-bond donors (Lipinski definition) is 1. The molecule has 0 aliphatic rings. The van der Waals surface area contributed by atoms with Crippen LogP contribution in [0.2, 0.25) is 0 Å². The van der Waals surface area contributed by atoms with Crippen molar-refractivity contribution in [3.05, 3.63) is 54.1 Å².